The molecule has 1 aromatic heterocycles. The van der Waals surface area contributed by atoms with E-state index < -0.39 is 0 Å². The van der Waals surface area contributed by atoms with Gasteiger partial charge in [0.05, 0.1) is 0 Å². The molecule has 0 aliphatic carbocycles. The summed E-state index contributed by atoms with van der Waals surface area (Å²) in [6.45, 7) is 4.75. The second-order valence-corrected chi connectivity index (χ2v) is 6.35. The van der Waals surface area contributed by atoms with Crippen LogP contribution in [0.1, 0.15) is 30.0 Å². The third kappa shape index (κ3) is 4.38. The minimum atomic E-state index is -0.305. The number of nitrogens with one attached hydrogen (secondary N) is 1. The largest absolute Gasteiger partial charge is 0.326 e. The molecule has 3 rings (SSSR count). The number of aromatic nitrogens is 1. The Morgan fingerprint density at radius 1 is 1.33 bits per heavy atom. The second kappa shape index (κ2) is 7.53. The average molecular weight is 327 g/mol. The summed E-state index contributed by atoms with van der Waals surface area (Å²) in [5.41, 5.74) is 3.01. The quantitative estimate of drug-likeness (QED) is 0.916. The van der Waals surface area contributed by atoms with Gasteiger partial charge in [0, 0.05) is 43.0 Å². The molecule has 0 bridgehead atoms. The maximum atomic E-state index is 12.9. The summed E-state index contributed by atoms with van der Waals surface area (Å²) in [6, 6.07) is 9.99. The Labute approximate surface area is 141 Å². The normalized spacial score (nSPS) is 17.8. The summed E-state index contributed by atoms with van der Waals surface area (Å²) in [5.74, 6) is 0.102. The van der Waals surface area contributed by atoms with Gasteiger partial charge in [0.2, 0.25) is 5.91 Å². The predicted octanol–water partition coefficient (Wildman–Crippen LogP) is 3.35. The second-order valence-electron chi connectivity index (χ2n) is 6.35. The lowest BCUT2D eigenvalue weighted by molar-refractivity contribution is -0.116. The molecule has 0 saturated carbocycles. The van der Waals surface area contributed by atoms with Gasteiger partial charge in [-0.25, -0.2) is 4.39 Å². The molecule has 0 unspecified atom stereocenters. The molecule has 1 N–H and O–H groups in total. The first kappa shape index (κ1) is 16.6. The van der Waals surface area contributed by atoms with Crippen molar-refractivity contribution in [2.45, 2.75) is 25.7 Å². The number of amides is 1. The Hall–Kier alpha value is -2.27. The summed E-state index contributed by atoms with van der Waals surface area (Å²) in [5, 5.41) is 2.80. The fourth-order valence-electron chi connectivity index (χ4n) is 3.08. The van der Waals surface area contributed by atoms with E-state index in [2.05, 4.69) is 28.2 Å². The lowest BCUT2D eigenvalue weighted by Crippen LogP contribution is -2.25. The molecule has 24 heavy (non-hydrogen) atoms. The van der Waals surface area contributed by atoms with Gasteiger partial charge in [-0.1, -0.05) is 0 Å². The molecule has 1 amide bonds. The smallest absolute Gasteiger partial charge is 0.225 e. The standard InChI is InChI=1S/C19H22FN3O/c1-14-6-9-21-18(12-14)15-7-10-23(13-15)11-8-19(24)22-17-4-2-16(20)3-5-17/h2-6,9,12,15H,7-8,10-11,13H2,1H3,(H,22,24)/t15-/m0/s1. The van der Waals surface area contributed by atoms with Crippen LogP contribution in [0.15, 0.2) is 42.6 Å². The maximum Gasteiger partial charge on any atom is 0.225 e. The summed E-state index contributed by atoms with van der Waals surface area (Å²) in [4.78, 5) is 18.8. The molecule has 1 saturated heterocycles. The Morgan fingerprint density at radius 2 is 2.12 bits per heavy atom. The Kier molecular flexibility index (Phi) is 5.20. The molecule has 1 fully saturated rings. The van der Waals surface area contributed by atoms with Crippen molar-refractivity contribution < 1.29 is 9.18 Å². The molecule has 1 aliphatic heterocycles. The van der Waals surface area contributed by atoms with Crippen molar-refractivity contribution >= 4 is 11.6 Å². The summed E-state index contributed by atoms with van der Waals surface area (Å²) >= 11 is 0. The number of hydrogen-bond donors (Lipinski definition) is 1. The highest BCUT2D eigenvalue weighted by Crippen LogP contribution is 2.26. The molecule has 4 nitrogen and oxygen atoms in total. The van der Waals surface area contributed by atoms with Gasteiger partial charge in [0.25, 0.3) is 0 Å². The first-order chi connectivity index (χ1) is 11.6. The highest BCUT2D eigenvalue weighted by Gasteiger charge is 2.25. The lowest BCUT2D eigenvalue weighted by Gasteiger charge is -2.16. The van der Waals surface area contributed by atoms with E-state index in [1.807, 2.05) is 12.3 Å². The highest BCUT2D eigenvalue weighted by molar-refractivity contribution is 5.90. The van der Waals surface area contributed by atoms with Crippen LogP contribution in [-0.4, -0.2) is 35.4 Å². The van der Waals surface area contributed by atoms with E-state index in [1.165, 1.54) is 17.7 Å². The van der Waals surface area contributed by atoms with E-state index >= 15 is 0 Å². The van der Waals surface area contributed by atoms with Gasteiger partial charge in [-0.3, -0.25) is 9.78 Å². The van der Waals surface area contributed by atoms with Gasteiger partial charge >= 0.3 is 0 Å². The number of carbonyl (C=O) groups is 1. The number of hydrogen-bond acceptors (Lipinski definition) is 3. The molecule has 1 aromatic carbocycles. The fraction of sp³-hybridized carbons (Fsp3) is 0.368. The van der Waals surface area contributed by atoms with Crippen LogP contribution in [0.5, 0.6) is 0 Å². The minimum Gasteiger partial charge on any atom is -0.326 e. The molecular weight excluding hydrogens is 305 g/mol. The van der Waals surface area contributed by atoms with Crippen molar-refractivity contribution in [1.29, 1.82) is 0 Å². The van der Waals surface area contributed by atoms with Crippen LogP contribution in [0.4, 0.5) is 10.1 Å². The van der Waals surface area contributed by atoms with Crippen LogP contribution < -0.4 is 5.32 Å². The van der Waals surface area contributed by atoms with E-state index in [9.17, 15) is 9.18 Å². The van der Waals surface area contributed by atoms with Crippen LogP contribution in [0.3, 0.4) is 0 Å². The van der Waals surface area contributed by atoms with Gasteiger partial charge in [-0.05, 0) is 61.9 Å². The van der Waals surface area contributed by atoms with Crippen LogP contribution >= 0.6 is 0 Å². The van der Waals surface area contributed by atoms with Crippen LogP contribution in [0.2, 0.25) is 0 Å². The third-order valence-electron chi connectivity index (χ3n) is 4.41. The van der Waals surface area contributed by atoms with Crippen molar-refractivity contribution in [3.8, 4) is 0 Å². The van der Waals surface area contributed by atoms with E-state index in [0.29, 0.717) is 18.0 Å². The number of rotatable bonds is 5. The van der Waals surface area contributed by atoms with E-state index in [0.717, 1.165) is 31.7 Å². The van der Waals surface area contributed by atoms with Crippen molar-refractivity contribution in [2.24, 2.45) is 0 Å². The van der Waals surface area contributed by atoms with Crippen molar-refractivity contribution in [3.63, 3.8) is 0 Å². The zero-order chi connectivity index (χ0) is 16.9. The third-order valence-corrected chi connectivity index (χ3v) is 4.41. The highest BCUT2D eigenvalue weighted by atomic mass is 19.1. The summed E-state index contributed by atoms with van der Waals surface area (Å²) in [6.07, 6.45) is 3.38. The fourth-order valence-corrected chi connectivity index (χ4v) is 3.08. The van der Waals surface area contributed by atoms with Crippen molar-refractivity contribution in [3.05, 3.63) is 59.7 Å². The van der Waals surface area contributed by atoms with Gasteiger partial charge in [-0.2, -0.15) is 0 Å². The molecule has 2 aromatic rings. The van der Waals surface area contributed by atoms with Crippen LogP contribution in [-0.2, 0) is 4.79 Å². The van der Waals surface area contributed by atoms with Crippen LogP contribution in [0, 0.1) is 12.7 Å². The zero-order valence-corrected chi connectivity index (χ0v) is 13.8. The Bertz CT molecular complexity index is 702. The Balaban J connectivity index is 1.45. The molecule has 0 spiro atoms. The molecule has 1 atom stereocenters. The van der Waals surface area contributed by atoms with Gasteiger partial charge < -0.3 is 10.2 Å². The predicted molar refractivity (Wildman–Crippen MR) is 92.4 cm³/mol. The number of nitrogens with zero attached hydrogens (tertiary/aromatic N) is 2. The number of aryl methyl sites for hydroxylation is 1. The molecule has 2 heterocycles. The molecule has 0 radical (unpaired) electrons. The molecule has 1 aliphatic rings. The number of halogens is 1. The molecule has 126 valence electrons. The number of pyridine rings is 1. The first-order valence-corrected chi connectivity index (χ1v) is 8.30. The number of likely N-dealkylation sites (tertiary alicyclic amines) is 1. The SMILES string of the molecule is Cc1ccnc([C@H]2CCN(CCC(=O)Nc3ccc(F)cc3)C2)c1. The van der Waals surface area contributed by atoms with Crippen molar-refractivity contribution in [1.82, 2.24) is 9.88 Å². The van der Waals surface area contributed by atoms with Gasteiger partial charge in [-0.15, -0.1) is 0 Å². The maximum absolute atomic E-state index is 12.9. The van der Waals surface area contributed by atoms with E-state index in [-0.39, 0.29) is 11.7 Å². The molecule has 5 heteroatoms. The van der Waals surface area contributed by atoms with E-state index in [1.54, 1.807) is 12.1 Å². The topological polar surface area (TPSA) is 45.2 Å². The van der Waals surface area contributed by atoms with Gasteiger partial charge in [0.15, 0.2) is 0 Å². The minimum absolute atomic E-state index is 0.0428. The van der Waals surface area contributed by atoms with Crippen LogP contribution in [0.25, 0.3) is 0 Å². The zero-order valence-electron chi connectivity index (χ0n) is 13.8. The lowest BCUT2D eigenvalue weighted by atomic mass is 10.0. The molecular formula is C19H22FN3O. The monoisotopic (exact) mass is 327 g/mol. The van der Waals surface area contributed by atoms with Crippen molar-refractivity contribution in [2.75, 3.05) is 25.0 Å². The summed E-state index contributed by atoms with van der Waals surface area (Å²) < 4.78 is 12.9. The first-order valence-electron chi connectivity index (χ1n) is 8.30. The average Bonchev–Trinajstić information content (AvgIpc) is 3.04. The Morgan fingerprint density at radius 3 is 2.88 bits per heavy atom. The summed E-state index contributed by atoms with van der Waals surface area (Å²) in [7, 11) is 0. The number of carbonyl (C=O) groups excluding carboxylic acids is 1. The van der Waals surface area contributed by atoms with E-state index in [4.69, 9.17) is 0 Å². The number of benzene rings is 1. The van der Waals surface area contributed by atoms with Gasteiger partial charge in [0.1, 0.15) is 5.82 Å². The number of anilines is 1.